The van der Waals surface area contributed by atoms with Crippen molar-refractivity contribution in [3.63, 3.8) is 0 Å². The average molecular weight is 2750 g/mol. The number of hydrogen-bond donors (Lipinski definition) is 0. The second-order valence-electron chi connectivity index (χ2n) is 22.6. The molecule has 0 unspecified atom stereocenters. The number of nitrogens with zero attached hydrogens (tertiary/aromatic N) is 4. The molecule has 6 aliphatic rings. The quantitative estimate of drug-likeness (QED) is 0.101. The van der Waals surface area contributed by atoms with Crippen molar-refractivity contribution >= 4 is 136 Å². The first-order valence-electron chi connectivity index (χ1n) is 31.4. The molecule has 0 aromatic rings. The molecular formula is C54H72F36I8K2N4O12. The molecule has 0 spiro atoms. The van der Waals surface area contributed by atoms with Crippen molar-refractivity contribution in [2.45, 2.75) is 94.6 Å². The van der Waals surface area contributed by atoms with Crippen LogP contribution in [0.25, 0.3) is 0 Å². The number of fused-ring (bicyclic) bond motifs is 42. The third kappa shape index (κ3) is 39.6. The van der Waals surface area contributed by atoms with Gasteiger partial charge in [-0.3, -0.25) is 19.6 Å². The van der Waals surface area contributed by atoms with Gasteiger partial charge in [0.1, 0.15) is 0 Å². The number of ether oxygens (including phenoxy) is 12. The van der Waals surface area contributed by atoms with Crippen LogP contribution in [0.2, 0.25) is 0 Å². The molecule has 4 bridgehead atoms. The summed E-state index contributed by atoms with van der Waals surface area (Å²) in [5.74, 6) is -86.7. The topological polar surface area (TPSA) is 124 Å². The van der Waals surface area contributed by atoms with Crippen molar-refractivity contribution in [1.82, 2.24) is 19.6 Å². The van der Waals surface area contributed by atoms with Gasteiger partial charge >= 0.3 is 197 Å². The number of hydrogen-bond acceptors (Lipinski definition) is 16. The summed E-state index contributed by atoms with van der Waals surface area (Å²) in [5, 5.41) is 0. The van der Waals surface area contributed by atoms with Gasteiger partial charge in [-0.25, -0.2) is 0 Å². The van der Waals surface area contributed by atoms with Gasteiger partial charge in [-0.1, -0.05) is 0 Å². The fourth-order valence-electron chi connectivity index (χ4n) is 7.85. The van der Waals surface area contributed by atoms with Gasteiger partial charge in [-0.2, -0.15) is 158 Å². The van der Waals surface area contributed by atoms with Crippen molar-refractivity contribution in [2.24, 2.45) is 0 Å². The first kappa shape index (κ1) is 130. The van der Waals surface area contributed by atoms with Gasteiger partial charge in [0.05, 0.1) is 159 Å². The summed E-state index contributed by atoms with van der Waals surface area (Å²) in [6, 6.07) is 0. The van der Waals surface area contributed by atoms with E-state index in [1.165, 1.54) is 0 Å². The minimum absolute atomic E-state index is 0. The van der Waals surface area contributed by atoms with Gasteiger partial charge < -0.3 is 105 Å². The molecule has 6 rings (SSSR count). The van der Waals surface area contributed by atoms with Crippen molar-refractivity contribution in [1.29, 1.82) is 0 Å². The predicted octanol–water partition coefficient (Wildman–Crippen LogP) is 4.20. The first-order valence-corrected chi connectivity index (χ1v) is 37.9. The van der Waals surface area contributed by atoms with Crippen molar-refractivity contribution in [3.05, 3.63) is 0 Å². The Kier molecular flexibility index (Phi) is 64.7. The predicted molar refractivity (Wildman–Crippen MR) is 369 cm³/mol. The van der Waals surface area contributed by atoms with Crippen LogP contribution >= 0.6 is 136 Å². The molecule has 116 heavy (non-hydrogen) atoms. The summed E-state index contributed by atoms with van der Waals surface area (Å²) in [5.41, 5.74) is 0. The normalized spacial score (nSPS) is 22.2. The van der Waals surface area contributed by atoms with Crippen LogP contribution in [-0.2, 0) is 56.8 Å². The third-order valence-electron chi connectivity index (χ3n) is 14.5. The van der Waals surface area contributed by atoms with Gasteiger partial charge in [-0.15, -0.1) is 0 Å². The van der Waals surface area contributed by atoms with Gasteiger partial charge in [0.15, 0.2) is 0 Å². The Bertz CT molecular complexity index is 2110. The van der Waals surface area contributed by atoms with E-state index in [0.717, 1.165) is 78.5 Å². The van der Waals surface area contributed by atoms with Crippen molar-refractivity contribution in [3.8, 4) is 0 Å². The van der Waals surface area contributed by atoms with Crippen LogP contribution in [-0.4, -0.2) is 351 Å². The maximum atomic E-state index is 12.7. The number of alkyl halides is 42. The van der Waals surface area contributed by atoms with Crippen LogP contribution in [0.1, 0.15) is 0 Å². The molecular weight excluding hydrogens is 2670 g/mol. The molecule has 6 fully saturated rings. The number of rotatable bonds is 15. The zero-order valence-electron chi connectivity index (χ0n) is 59.8. The maximum Gasteiger partial charge on any atom is 1.00 e. The summed E-state index contributed by atoms with van der Waals surface area (Å²) in [6.07, 6.45) is 0. The van der Waals surface area contributed by atoms with E-state index in [-0.39, 0.29) is 151 Å². The van der Waals surface area contributed by atoms with E-state index in [0.29, 0.717) is 159 Å². The molecule has 0 saturated carbocycles. The molecule has 6 saturated heterocycles. The van der Waals surface area contributed by atoms with E-state index in [2.05, 4.69) is 19.6 Å². The molecule has 0 aromatic carbocycles. The Balaban J connectivity index is -0.000000442. The molecule has 62 heteroatoms. The van der Waals surface area contributed by atoms with Crippen molar-refractivity contribution < 1.29 is 366 Å². The Hall–Kier alpha value is 5.95. The Labute approximate surface area is 840 Å². The SMILES string of the molecule is C1COCCN2CCOCCOCCN(CCO1)CCOCCOCC2.C1COCCN2CCOCCOCCN(CCO1)CCOCCOCC2.FC(F)(I)C(F)(F)C(F)(F)C(F)(F)C(F)(F)C(F)(F)I.FC(F)(I)C(F)(F)C(F)(F)C(F)(F)C(F)(F)C(F)(F)I.FC(F)(I)C(F)(F)C(F)(F)C(F)(F)C(F)(F)C(F)(F)I.[I-].[I-].[K+].[K+]. The van der Waals surface area contributed by atoms with E-state index in [1.807, 2.05) is 0 Å². The van der Waals surface area contributed by atoms with Crippen LogP contribution < -0.4 is 151 Å². The molecule has 0 N–H and O–H groups in total. The smallest absolute Gasteiger partial charge is 1.00 e. The first-order chi connectivity index (χ1) is 50.6. The zero-order valence-corrected chi connectivity index (χ0v) is 83.3. The Morgan fingerprint density at radius 3 is 0.267 bits per heavy atom. The molecule has 16 nitrogen and oxygen atoms in total. The molecule has 690 valence electrons. The standard InChI is InChI=1S/2C18H36N2O6.3C6F12I2.2HI.2K/c2*1-7-21-13-14-24-10-4-20-5-11-25-17-15-22-8-2-19(1)3-9-23-16-18-26-12-6-20;3*7-1(8,3(11,12)5(15,16)19)2(9,10)4(13,14)6(17,18)20;;;;/h2*1-18H2;;;;2*1H;;/q;;;;;;;2*+1/p-2. The van der Waals surface area contributed by atoms with Crippen LogP contribution in [0.3, 0.4) is 0 Å². The third-order valence-corrected chi connectivity index (χ3v) is 18.6. The average Bonchev–Trinajstić information content (AvgIpc) is 0.727. The Morgan fingerprint density at radius 2 is 0.207 bits per heavy atom. The number of halogens is 44. The maximum absolute atomic E-state index is 12.7. The second-order valence-corrected chi connectivity index (χ2v) is 30.7. The summed E-state index contributed by atoms with van der Waals surface area (Å²) < 4.78 is 482. The van der Waals surface area contributed by atoms with Gasteiger partial charge in [0, 0.05) is 214 Å². The van der Waals surface area contributed by atoms with E-state index < -0.39 is 230 Å². The fraction of sp³-hybridized carbons (Fsp3) is 1.00. The molecule has 0 amide bonds. The molecule has 0 radical (unpaired) electrons. The van der Waals surface area contributed by atoms with Gasteiger partial charge in [-0.05, 0) is 0 Å². The van der Waals surface area contributed by atoms with Crippen molar-refractivity contribution in [2.75, 3.05) is 237 Å². The summed E-state index contributed by atoms with van der Waals surface area (Å²) in [4.78, 5) is 9.25. The summed E-state index contributed by atoms with van der Waals surface area (Å²) in [6.45, 7) is 26.4. The largest absolute Gasteiger partial charge is 1.00 e. The van der Waals surface area contributed by atoms with E-state index >= 15 is 0 Å². The van der Waals surface area contributed by atoms with Crippen LogP contribution in [0.4, 0.5) is 158 Å². The van der Waals surface area contributed by atoms with E-state index in [4.69, 9.17) is 56.8 Å². The molecule has 6 heterocycles. The molecule has 6 aliphatic heterocycles. The van der Waals surface area contributed by atoms with Crippen LogP contribution in [0, 0.1) is 0 Å². The minimum Gasteiger partial charge on any atom is -1.00 e. The zero-order chi connectivity index (χ0) is 87.3. The van der Waals surface area contributed by atoms with Crippen LogP contribution in [0.15, 0.2) is 0 Å². The molecule has 0 atom stereocenters. The molecule has 0 aliphatic carbocycles. The second kappa shape index (κ2) is 57.5. The van der Waals surface area contributed by atoms with Gasteiger partial charge in [0.2, 0.25) is 0 Å². The fourth-order valence-corrected chi connectivity index (χ4v) is 9.88. The van der Waals surface area contributed by atoms with E-state index in [9.17, 15) is 158 Å². The molecule has 0 aromatic heterocycles. The Morgan fingerprint density at radius 1 is 0.138 bits per heavy atom. The van der Waals surface area contributed by atoms with Gasteiger partial charge in [0.25, 0.3) is 0 Å². The summed E-state index contributed by atoms with van der Waals surface area (Å²) in [7, 11) is 0. The monoisotopic (exact) mass is 2750 g/mol. The van der Waals surface area contributed by atoms with Crippen LogP contribution in [0.5, 0.6) is 0 Å². The van der Waals surface area contributed by atoms with E-state index in [1.54, 1.807) is 0 Å². The minimum atomic E-state index is -7.44. The summed E-state index contributed by atoms with van der Waals surface area (Å²) >= 11 is -4.18.